The van der Waals surface area contributed by atoms with Crippen LogP contribution in [0.3, 0.4) is 0 Å². The van der Waals surface area contributed by atoms with Crippen molar-refractivity contribution >= 4 is 5.78 Å². The molecule has 3 heteroatoms. The zero-order valence-electron chi connectivity index (χ0n) is 17.2. The van der Waals surface area contributed by atoms with Crippen LogP contribution in [0.2, 0.25) is 0 Å². The first kappa shape index (κ1) is 18.4. The Hall–Kier alpha value is -0.670. The van der Waals surface area contributed by atoms with Gasteiger partial charge in [0.05, 0.1) is 6.10 Å². The van der Waals surface area contributed by atoms with E-state index in [0.717, 1.165) is 57.0 Å². The minimum absolute atomic E-state index is 0.0124. The number of ketones is 1. The summed E-state index contributed by atoms with van der Waals surface area (Å²) >= 11 is 0. The molecule has 1 heterocycles. The monoisotopic (exact) mass is 372 g/mol. The molecule has 0 aromatic heterocycles. The summed E-state index contributed by atoms with van der Waals surface area (Å²) in [6.45, 7) is 5.67. The smallest absolute Gasteiger partial charge is 0.157 e. The van der Waals surface area contributed by atoms with E-state index in [0.29, 0.717) is 23.2 Å². The largest absolute Gasteiger partial charge is 0.353 e. The van der Waals surface area contributed by atoms with E-state index >= 15 is 0 Å². The van der Waals surface area contributed by atoms with Crippen molar-refractivity contribution in [2.75, 3.05) is 6.61 Å². The van der Waals surface area contributed by atoms with Gasteiger partial charge in [0.15, 0.2) is 6.29 Å². The molecule has 0 bridgehead atoms. The number of hydrogen-bond acceptors (Lipinski definition) is 3. The molecule has 3 nitrogen and oxygen atoms in total. The Bertz CT molecular complexity index is 634. The van der Waals surface area contributed by atoms with Crippen molar-refractivity contribution in [3.63, 3.8) is 0 Å². The Kier molecular flexibility index (Phi) is 4.55. The summed E-state index contributed by atoms with van der Waals surface area (Å²) in [6.07, 6.45) is 15.4. The average Bonchev–Trinajstić information content (AvgIpc) is 2.98. The SMILES string of the molecule is C[C@]12CC[C@H](O[C@H]3CCCCO3)CC1=CC[C@H]1[C@H]2CC[C@]2(C)C(=O)CC[C@@H]12. The summed E-state index contributed by atoms with van der Waals surface area (Å²) in [4.78, 5) is 12.6. The minimum atomic E-state index is -0.0124. The van der Waals surface area contributed by atoms with Gasteiger partial charge in [0.2, 0.25) is 0 Å². The first-order valence-electron chi connectivity index (χ1n) is 11.5. The lowest BCUT2D eigenvalue weighted by molar-refractivity contribution is -0.195. The van der Waals surface area contributed by atoms with E-state index < -0.39 is 0 Å². The second kappa shape index (κ2) is 6.69. The van der Waals surface area contributed by atoms with Gasteiger partial charge < -0.3 is 9.47 Å². The molecule has 7 atom stereocenters. The highest BCUT2D eigenvalue weighted by atomic mass is 16.7. The molecule has 0 radical (unpaired) electrons. The van der Waals surface area contributed by atoms with Crippen molar-refractivity contribution < 1.29 is 14.3 Å². The van der Waals surface area contributed by atoms with Gasteiger partial charge in [-0.2, -0.15) is 0 Å². The van der Waals surface area contributed by atoms with Crippen LogP contribution >= 0.6 is 0 Å². The minimum Gasteiger partial charge on any atom is -0.353 e. The number of Topliss-reactive ketones (excluding diaryl/α,β-unsaturated/α-hetero) is 1. The Morgan fingerprint density at radius 1 is 1.04 bits per heavy atom. The van der Waals surface area contributed by atoms with Crippen molar-refractivity contribution in [3.8, 4) is 0 Å². The molecule has 1 saturated heterocycles. The fraction of sp³-hybridized carbons (Fsp3) is 0.875. The molecule has 3 saturated carbocycles. The van der Waals surface area contributed by atoms with Crippen molar-refractivity contribution in [2.24, 2.45) is 28.6 Å². The van der Waals surface area contributed by atoms with Crippen LogP contribution in [-0.2, 0) is 14.3 Å². The Morgan fingerprint density at radius 2 is 1.85 bits per heavy atom. The first-order chi connectivity index (χ1) is 13.0. The van der Waals surface area contributed by atoms with Gasteiger partial charge in [-0.25, -0.2) is 0 Å². The highest BCUT2D eigenvalue weighted by Gasteiger charge is 2.58. The van der Waals surface area contributed by atoms with Gasteiger partial charge in [0.1, 0.15) is 5.78 Å². The maximum absolute atomic E-state index is 12.6. The number of carbonyl (C=O) groups is 1. The normalized spacial score (nSPS) is 49.8. The van der Waals surface area contributed by atoms with E-state index in [2.05, 4.69) is 19.9 Å². The van der Waals surface area contributed by atoms with Gasteiger partial charge in [0.25, 0.3) is 0 Å². The van der Waals surface area contributed by atoms with Crippen molar-refractivity contribution in [2.45, 2.75) is 96.9 Å². The predicted molar refractivity (Wildman–Crippen MR) is 105 cm³/mol. The molecule has 5 aliphatic rings. The van der Waals surface area contributed by atoms with Crippen LogP contribution in [0, 0.1) is 28.6 Å². The molecule has 1 aliphatic heterocycles. The predicted octanol–water partition coefficient (Wildman–Crippen LogP) is 5.43. The van der Waals surface area contributed by atoms with Crippen LogP contribution in [-0.4, -0.2) is 24.8 Å². The van der Waals surface area contributed by atoms with Gasteiger partial charge in [0, 0.05) is 18.4 Å². The molecular weight excluding hydrogens is 336 g/mol. The zero-order valence-corrected chi connectivity index (χ0v) is 17.2. The summed E-state index contributed by atoms with van der Waals surface area (Å²) in [6, 6.07) is 0. The highest BCUT2D eigenvalue weighted by Crippen LogP contribution is 2.64. The fourth-order valence-corrected chi connectivity index (χ4v) is 7.55. The lowest BCUT2D eigenvalue weighted by Gasteiger charge is -2.57. The molecule has 150 valence electrons. The van der Waals surface area contributed by atoms with E-state index in [-0.39, 0.29) is 11.7 Å². The molecule has 0 spiro atoms. The Labute approximate surface area is 164 Å². The summed E-state index contributed by atoms with van der Waals surface area (Å²) in [5.74, 6) is 2.68. The number of ether oxygens (including phenoxy) is 2. The van der Waals surface area contributed by atoms with Gasteiger partial charge in [-0.05, 0) is 87.4 Å². The molecule has 0 amide bonds. The van der Waals surface area contributed by atoms with Crippen molar-refractivity contribution in [1.29, 1.82) is 0 Å². The lowest BCUT2D eigenvalue weighted by Crippen LogP contribution is -2.50. The van der Waals surface area contributed by atoms with Crippen LogP contribution in [0.25, 0.3) is 0 Å². The average molecular weight is 373 g/mol. The molecule has 0 aromatic carbocycles. The van der Waals surface area contributed by atoms with E-state index in [9.17, 15) is 4.79 Å². The number of carbonyl (C=O) groups excluding carboxylic acids is 1. The van der Waals surface area contributed by atoms with Crippen LogP contribution in [0.15, 0.2) is 11.6 Å². The fourth-order valence-electron chi connectivity index (χ4n) is 7.55. The maximum Gasteiger partial charge on any atom is 0.157 e. The molecule has 0 N–H and O–H groups in total. The maximum atomic E-state index is 12.6. The Morgan fingerprint density at radius 3 is 2.67 bits per heavy atom. The Balaban J connectivity index is 1.32. The van der Waals surface area contributed by atoms with E-state index in [1.807, 2.05) is 0 Å². The number of allylic oxidation sites excluding steroid dienone is 1. The number of rotatable bonds is 2. The quantitative estimate of drug-likeness (QED) is 0.606. The molecular formula is C24H36O3. The summed E-state index contributed by atoms with van der Waals surface area (Å²) in [5, 5.41) is 0. The standard InChI is InChI=1S/C24H36O3/c1-23-12-10-17(27-22-5-3-4-14-26-22)15-16(23)6-7-18-19-8-9-21(25)24(19,2)13-11-20(18)23/h6,17-20,22H,3-5,7-15H2,1-2H3/t17-,18+,19-,20+,22-,23-,24-/m0/s1. The van der Waals surface area contributed by atoms with Gasteiger partial charge in [-0.1, -0.05) is 25.5 Å². The lowest BCUT2D eigenvalue weighted by atomic mass is 9.48. The molecule has 0 unspecified atom stereocenters. The second-order valence-electron chi connectivity index (χ2n) is 10.5. The highest BCUT2D eigenvalue weighted by molar-refractivity contribution is 5.87. The van der Waals surface area contributed by atoms with Crippen molar-refractivity contribution in [1.82, 2.24) is 0 Å². The third-order valence-electron chi connectivity index (χ3n) is 9.25. The zero-order chi connectivity index (χ0) is 18.6. The van der Waals surface area contributed by atoms with Crippen LogP contribution in [0.1, 0.15) is 84.5 Å². The molecule has 4 fully saturated rings. The van der Waals surface area contributed by atoms with Crippen molar-refractivity contribution in [3.05, 3.63) is 11.6 Å². The van der Waals surface area contributed by atoms with E-state index in [1.165, 1.54) is 32.1 Å². The van der Waals surface area contributed by atoms with E-state index in [1.54, 1.807) is 5.57 Å². The molecule has 27 heavy (non-hydrogen) atoms. The third kappa shape index (κ3) is 2.87. The van der Waals surface area contributed by atoms with Gasteiger partial charge in [-0.3, -0.25) is 4.79 Å². The van der Waals surface area contributed by atoms with Crippen LogP contribution in [0.5, 0.6) is 0 Å². The molecule has 5 rings (SSSR count). The summed E-state index contributed by atoms with van der Waals surface area (Å²) in [5.41, 5.74) is 1.98. The van der Waals surface area contributed by atoms with Gasteiger partial charge >= 0.3 is 0 Å². The first-order valence-corrected chi connectivity index (χ1v) is 11.5. The summed E-state index contributed by atoms with van der Waals surface area (Å²) < 4.78 is 12.2. The van der Waals surface area contributed by atoms with Gasteiger partial charge in [-0.15, -0.1) is 0 Å². The van der Waals surface area contributed by atoms with E-state index in [4.69, 9.17) is 9.47 Å². The number of hydrogen-bond donors (Lipinski definition) is 0. The molecule has 0 aromatic rings. The number of fused-ring (bicyclic) bond motifs is 5. The second-order valence-corrected chi connectivity index (χ2v) is 10.5. The topological polar surface area (TPSA) is 35.5 Å². The summed E-state index contributed by atoms with van der Waals surface area (Å²) in [7, 11) is 0. The third-order valence-corrected chi connectivity index (χ3v) is 9.25. The van der Waals surface area contributed by atoms with Crippen LogP contribution < -0.4 is 0 Å². The van der Waals surface area contributed by atoms with Crippen LogP contribution in [0.4, 0.5) is 0 Å². The molecule has 4 aliphatic carbocycles.